The van der Waals surface area contributed by atoms with Gasteiger partial charge >= 0.3 is 5.97 Å². The van der Waals surface area contributed by atoms with Crippen molar-refractivity contribution in [2.45, 2.75) is 19.0 Å². The third-order valence-corrected chi connectivity index (χ3v) is 4.26. The number of amides is 1. The molecule has 4 rings (SSSR count). The van der Waals surface area contributed by atoms with Gasteiger partial charge in [-0.1, -0.05) is 24.3 Å². The van der Waals surface area contributed by atoms with Crippen LogP contribution in [0.3, 0.4) is 0 Å². The fraction of sp³-hybridized carbons (Fsp3) is 0.176. The van der Waals surface area contributed by atoms with Crippen molar-refractivity contribution in [3.8, 4) is 0 Å². The van der Waals surface area contributed by atoms with E-state index in [0.29, 0.717) is 11.2 Å². The highest BCUT2D eigenvalue weighted by molar-refractivity contribution is 5.97. The van der Waals surface area contributed by atoms with Gasteiger partial charge in [0.25, 0.3) is 5.91 Å². The number of aromatic amines is 1. The fourth-order valence-corrected chi connectivity index (χ4v) is 3.00. The number of carbonyl (C=O) groups is 2. The normalized spacial score (nSPS) is 16.8. The van der Waals surface area contributed by atoms with E-state index in [9.17, 15) is 14.7 Å². The Balaban J connectivity index is 1.72. The Hall–Kier alpha value is -3.22. The van der Waals surface area contributed by atoms with Gasteiger partial charge in [-0.3, -0.25) is 4.79 Å². The molecular weight excluding hydrogens is 308 g/mol. The second-order valence-electron chi connectivity index (χ2n) is 5.71. The summed E-state index contributed by atoms with van der Waals surface area (Å²) in [6.45, 7) is 0.180. The van der Waals surface area contributed by atoms with Crippen LogP contribution in [0, 0.1) is 0 Å². The van der Waals surface area contributed by atoms with E-state index in [-0.39, 0.29) is 18.7 Å². The lowest BCUT2D eigenvalue weighted by Crippen LogP contribution is -2.48. The van der Waals surface area contributed by atoms with Crippen LogP contribution in [0.2, 0.25) is 0 Å². The van der Waals surface area contributed by atoms with Gasteiger partial charge in [0.1, 0.15) is 11.7 Å². The number of imidazole rings is 1. The molecule has 1 aromatic carbocycles. The highest BCUT2D eigenvalue weighted by atomic mass is 16.4. The molecule has 7 nitrogen and oxygen atoms in total. The molecule has 1 atom stereocenters. The van der Waals surface area contributed by atoms with E-state index < -0.39 is 17.9 Å². The number of aliphatic carboxylic acids is 1. The van der Waals surface area contributed by atoms with Gasteiger partial charge in [0.15, 0.2) is 0 Å². The summed E-state index contributed by atoms with van der Waals surface area (Å²) in [7, 11) is 0. The largest absolute Gasteiger partial charge is 0.480 e. The Morgan fingerprint density at radius 3 is 2.88 bits per heavy atom. The highest BCUT2D eigenvalue weighted by Gasteiger charge is 2.36. The Labute approximate surface area is 137 Å². The summed E-state index contributed by atoms with van der Waals surface area (Å²) in [6.07, 6.45) is 1.71. The number of carboxylic acid groups (broad SMARTS) is 1. The molecule has 1 aliphatic heterocycles. The molecule has 120 valence electrons. The first-order chi connectivity index (χ1) is 11.6. The fourth-order valence-electron chi connectivity index (χ4n) is 3.00. The first-order valence-corrected chi connectivity index (χ1v) is 7.54. The minimum absolute atomic E-state index is 0.180. The van der Waals surface area contributed by atoms with Gasteiger partial charge in [-0.2, -0.15) is 0 Å². The lowest BCUT2D eigenvalue weighted by atomic mass is 10.0. The molecule has 2 aromatic heterocycles. The van der Waals surface area contributed by atoms with Gasteiger partial charge in [0, 0.05) is 11.8 Å². The summed E-state index contributed by atoms with van der Waals surface area (Å²) in [5.41, 5.74) is 2.40. The third kappa shape index (κ3) is 2.30. The summed E-state index contributed by atoms with van der Waals surface area (Å²) in [4.78, 5) is 37.2. The number of nitrogens with one attached hydrogen (secondary N) is 1. The Morgan fingerprint density at radius 1 is 1.21 bits per heavy atom. The zero-order valence-corrected chi connectivity index (χ0v) is 12.6. The maximum Gasteiger partial charge on any atom is 0.326 e. The lowest BCUT2D eigenvalue weighted by molar-refractivity contribution is -0.142. The van der Waals surface area contributed by atoms with Crippen molar-refractivity contribution >= 4 is 22.8 Å². The summed E-state index contributed by atoms with van der Waals surface area (Å²) in [5.74, 6) is -1.44. The van der Waals surface area contributed by atoms with Gasteiger partial charge < -0.3 is 15.0 Å². The van der Waals surface area contributed by atoms with Crippen molar-refractivity contribution in [2.75, 3.05) is 0 Å². The molecule has 1 aliphatic rings. The van der Waals surface area contributed by atoms with E-state index in [1.165, 1.54) is 11.2 Å². The number of hydrogen-bond acceptors (Lipinski definition) is 4. The van der Waals surface area contributed by atoms with Crippen LogP contribution in [0.1, 0.15) is 21.9 Å². The van der Waals surface area contributed by atoms with Crippen molar-refractivity contribution in [1.82, 2.24) is 19.9 Å². The summed E-state index contributed by atoms with van der Waals surface area (Å²) in [5, 5.41) is 10.4. The van der Waals surface area contributed by atoms with E-state index in [2.05, 4.69) is 15.0 Å². The quantitative estimate of drug-likeness (QED) is 0.747. The standard InChI is InChI=1S/C17H14N4O3/c22-16(12-6-5-10-3-1-2-4-11(10)20-12)21-8-14-13(18-9-19-14)7-15(21)17(23)24/h1-6,9,15H,7-8H2,(H,18,19)(H,23,24)/t15-/m1/s1. The predicted molar refractivity (Wildman–Crippen MR) is 85.3 cm³/mol. The van der Waals surface area contributed by atoms with Crippen molar-refractivity contribution in [3.05, 3.63) is 59.8 Å². The average molecular weight is 322 g/mol. The number of pyridine rings is 1. The van der Waals surface area contributed by atoms with Crippen molar-refractivity contribution in [2.24, 2.45) is 0 Å². The minimum Gasteiger partial charge on any atom is -0.480 e. The molecule has 0 bridgehead atoms. The Bertz CT molecular complexity index is 950. The van der Waals surface area contributed by atoms with Crippen LogP contribution >= 0.6 is 0 Å². The van der Waals surface area contributed by atoms with E-state index in [1.54, 1.807) is 6.07 Å². The Kier molecular flexibility index (Phi) is 3.26. The molecule has 0 saturated carbocycles. The maximum absolute atomic E-state index is 12.9. The zero-order valence-electron chi connectivity index (χ0n) is 12.6. The molecule has 7 heteroatoms. The molecule has 24 heavy (non-hydrogen) atoms. The number of para-hydroxylation sites is 1. The van der Waals surface area contributed by atoms with Gasteiger partial charge in [-0.25, -0.2) is 14.8 Å². The number of rotatable bonds is 2. The summed E-state index contributed by atoms with van der Waals surface area (Å²) in [6, 6.07) is 9.99. The highest BCUT2D eigenvalue weighted by Crippen LogP contribution is 2.23. The molecule has 1 amide bonds. The molecule has 0 spiro atoms. The van der Waals surface area contributed by atoms with Crippen LogP contribution in [0.15, 0.2) is 42.7 Å². The molecule has 3 aromatic rings. The molecule has 0 fully saturated rings. The minimum atomic E-state index is -1.04. The monoisotopic (exact) mass is 322 g/mol. The SMILES string of the molecule is O=C(O)[C@H]1Cc2nc[nH]c2CN1C(=O)c1ccc2ccccc2n1. The van der Waals surface area contributed by atoms with E-state index in [0.717, 1.165) is 11.1 Å². The van der Waals surface area contributed by atoms with Crippen LogP contribution < -0.4 is 0 Å². The maximum atomic E-state index is 12.9. The van der Waals surface area contributed by atoms with E-state index >= 15 is 0 Å². The van der Waals surface area contributed by atoms with Crippen molar-refractivity contribution in [3.63, 3.8) is 0 Å². The number of aromatic nitrogens is 3. The molecule has 0 unspecified atom stereocenters. The molecule has 2 N–H and O–H groups in total. The first-order valence-electron chi connectivity index (χ1n) is 7.54. The van der Waals surface area contributed by atoms with Crippen LogP contribution in [-0.4, -0.2) is 42.9 Å². The smallest absolute Gasteiger partial charge is 0.326 e. The zero-order chi connectivity index (χ0) is 16.7. The van der Waals surface area contributed by atoms with Crippen molar-refractivity contribution < 1.29 is 14.7 Å². The first kappa shape index (κ1) is 14.4. The van der Waals surface area contributed by atoms with Crippen LogP contribution in [-0.2, 0) is 17.8 Å². The predicted octanol–water partition coefficient (Wildman–Crippen LogP) is 1.61. The van der Waals surface area contributed by atoms with Gasteiger partial charge in [0.2, 0.25) is 0 Å². The number of fused-ring (bicyclic) bond motifs is 2. The molecule has 0 saturated heterocycles. The average Bonchev–Trinajstić information content (AvgIpc) is 3.07. The van der Waals surface area contributed by atoms with E-state index in [4.69, 9.17) is 0 Å². The van der Waals surface area contributed by atoms with Gasteiger partial charge in [-0.15, -0.1) is 0 Å². The number of carboxylic acids is 1. The topological polar surface area (TPSA) is 99.2 Å². The number of hydrogen-bond donors (Lipinski definition) is 2. The Morgan fingerprint density at radius 2 is 2.04 bits per heavy atom. The van der Waals surface area contributed by atoms with E-state index in [1.807, 2.05) is 30.3 Å². The second-order valence-corrected chi connectivity index (χ2v) is 5.71. The second kappa shape index (κ2) is 5.45. The van der Waals surface area contributed by atoms with Crippen LogP contribution in [0.25, 0.3) is 10.9 Å². The molecule has 0 aliphatic carbocycles. The number of benzene rings is 1. The number of H-pyrrole nitrogens is 1. The molecule has 0 radical (unpaired) electrons. The number of carbonyl (C=O) groups excluding carboxylic acids is 1. The summed E-state index contributed by atoms with van der Waals surface area (Å²) >= 11 is 0. The molecular formula is C17H14N4O3. The van der Waals surface area contributed by atoms with Gasteiger partial charge in [0.05, 0.1) is 29.8 Å². The van der Waals surface area contributed by atoms with Crippen LogP contribution in [0.5, 0.6) is 0 Å². The third-order valence-electron chi connectivity index (χ3n) is 4.26. The lowest BCUT2D eigenvalue weighted by Gasteiger charge is -2.32. The number of nitrogens with zero attached hydrogens (tertiary/aromatic N) is 3. The van der Waals surface area contributed by atoms with Crippen molar-refractivity contribution in [1.29, 1.82) is 0 Å². The molecule has 3 heterocycles. The van der Waals surface area contributed by atoms with Gasteiger partial charge in [-0.05, 0) is 12.1 Å². The van der Waals surface area contributed by atoms with Crippen LogP contribution in [0.4, 0.5) is 0 Å². The summed E-state index contributed by atoms with van der Waals surface area (Å²) < 4.78 is 0.